The molecule has 5 heteroatoms. The van der Waals surface area contributed by atoms with Crippen LogP contribution in [0.1, 0.15) is 13.3 Å². The second-order valence-electron chi connectivity index (χ2n) is 3.42. The third-order valence-corrected chi connectivity index (χ3v) is 3.17. The van der Waals surface area contributed by atoms with Gasteiger partial charge < -0.3 is 4.74 Å². The van der Waals surface area contributed by atoms with Gasteiger partial charge in [0.05, 0.1) is 4.90 Å². The van der Waals surface area contributed by atoms with Gasteiger partial charge in [-0.2, -0.15) is 0 Å². The number of hydrogen-bond donors (Lipinski definition) is 0. The molecule has 0 unspecified atom stereocenters. The van der Waals surface area contributed by atoms with Crippen LogP contribution in [0.5, 0.6) is 5.75 Å². The maximum absolute atomic E-state index is 11.2. The highest BCUT2D eigenvalue weighted by molar-refractivity contribution is 7.90. The Morgan fingerprint density at radius 3 is 2.25 bits per heavy atom. The van der Waals surface area contributed by atoms with Crippen LogP contribution in [0.25, 0.3) is 0 Å². The molecule has 0 amide bonds. The summed E-state index contributed by atoms with van der Waals surface area (Å²) >= 11 is 0. The summed E-state index contributed by atoms with van der Waals surface area (Å²) in [6, 6.07) is 6.00. The second kappa shape index (κ2) is 5.12. The van der Waals surface area contributed by atoms with Gasteiger partial charge in [0, 0.05) is 12.7 Å². The number of hydrogen-bond acceptors (Lipinski definition) is 4. The van der Waals surface area contributed by atoms with E-state index in [2.05, 4.69) is 0 Å². The molecule has 0 atom stereocenters. The predicted molar refractivity (Wildman–Crippen MR) is 60.3 cm³/mol. The fraction of sp³-hybridized carbons (Fsp3) is 0.364. The molecule has 0 fully saturated rings. The van der Waals surface area contributed by atoms with Crippen molar-refractivity contribution < 1.29 is 17.9 Å². The molecule has 0 saturated carbocycles. The van der Waals surface area contributed by atoms with Crippen LogP contribution >= 0.6 is 0 Å². The molecular weight excluding hydrogens is 228 g/mol. The number of ether oxygens (including phenoxy) is 1. The first-order valence-corrected chi connectivity index (χ1v) is 6.77. The van der Waals surface area contributed by atoms with Gasteiger partial charge in [-0.05, 0) is 24.3 Å². The Hall–Kier alpha value is -1.36. The van der Waals surface area contributed by atoms with E-state index >= 15 is 0 Å². The van der Waals surface area contributed by atoms with E-state index in [0.29, 0.717) is 12.2 Å². The Bertz CT molecular complexity index is 459. The molecule has 1 aromatic carbocycles. The minimum Gasteiger partial charge on any atom is -0.486 e. The van der Waals surface area contributed by atoms with Crippen molar-refractivity contribution in [1.29, 1.82) is 0 Å². The summed E-state index contributed by atoms with van der Waals surface area (Å²) in [4.78, 5) is 11.2. The van der Waals surface area contributed by atoms with E-state index in [1.807, 2.05) is 0 Å². The lowest BCUT2D eigenvalue weighted by Crippen LogP contribution is -2.09. The van der Waals surface area contributed by atoms with E-state index < -0.39 is 9.84 Å². The first kappa shape index (κ1) is 12.7. The van der Waals surface area contributed by atoms with Gasteiger partial charge in [0.25, 0.3) is 0 Å². The van der Waals surface area contributed by atoms with Crippen LogP contribution in [0.15, 0.2) is 29.2 Å². The molecule has 1 rings (SSSR count). The first-order chi connectivity index (χ1) is 7.43. The second-order valence-corrected chi connectivity index (χ2v) is 5.44. The standard InChI is InChI=1S/C11H14O4S/c1-3-9(12)8-15-10-4-6-11(7-5-10)16(2,13)14/h4-7H,3,8H2,1-2H3. The van der Waals surface area contributed by atoms with E-state index in [-0.39, 0.29) is 17.3 Å². The zero-order valence-corrected chi connectivity index (χ0v) is 10.1. The molecule has 0 aliphatic carbocycles. The van der Waals surface area contributed by atoms with Crippen LogP contribution in [0, 0.1) is 0 Å². The molecular formula is C11H14O4S. The third kappa shape index (κ3) is 3.66. The van der Waals surface area contributed by atoms with Crippen LogP contribution in [0.4, 0.5) is 0 Å². The van der Waals surface area contributed by atoms with Crippen molar-refractivity contribution in [3.05, 3.63) is 24.3 Å². The van der Waals surface area contributed by atoms with Crippen LogP contribution in [-0.4, -0.2) is 27.1 Å². The lowest BCUT2D eigenvalue weighted by Gasteiger charge is -2.05. The zero-order chi connectivity index (χ0) is 12.2. The molecule has 0 radical (unpaired) electrons. The van der Waals surface area contributed by atoms with Gasteiger partial charge in [-0.1, -0.05) is 6.92 Å². The zero-order valence-electron chi connectivity index (χ0n) is 9.26. The van der Waals surface area contributed by atoms with Crippen LogP contribution < -0.4 is 4.74 Å². The van der Waals surface area contributed by atoms with E-state index in [0.717, 1.165) is 6.26 Å². The first-order valence-electron chi connectivity index (χ1n) is 4.88. The van der Waals surface area contributed by atoms with Crippen molar-refractivity contribution in [1.82, 2.24) is 0 Å². The molecule has 0 aliphatic rings. The van der Waals surface area contributed by atoms with Gasteiger partial charge in [0.1, 0.15) is 12.4 Å². The molecule has 4 nitrogen and oxygen atoms in total. The molecule has 0 heterocycles. The number of sulfone groups is 1. The maximum atomic E-state index is 11.2. The number of rotatable bonds is 5. The highest BCUT2D eigenvalue weighted by Crippen LogP contribution is 2.15. The van der Waals surface area contributed by atoms with Crippen LogP contribution in [-0.2, 0) is 14.6 Å². The minimum atomic E-state index is -3.18. The molecule has 0 aromatic heterocycles. The summed E-state index contributed by atoms with van der Waals surface area (Å²) in [6.45, 7) is 1.78. The van der Waals surface area contributed by atoms with Crippen molar-refractivity contribution in [2.45, 2.75) is 18.2 Å². The molecule has 16 heavy (non-hydrogen) atoms. The Morgan fingerprint density at radius 2 is 1.81 bits per heavy atom. The predicted octanol–water partition coefficient (Wildman–Crippen LogP) is 1.45. The summed E-state index contributed by atoms with van der Waals surface area (Å²) in [5, 5.41) is 0. The average Bonchev–Trinajstić information content (AvgIpc) is 2.25. The number of Topliss-reactive ketones (excluding diaryl/α,β-unsaturated/α-hetero) is 1. The number of carbonyl (C=O) groups excluding carboxylic acids is 1. The Balaban J connectivity index is 2.69. The van der Waals surface area contributed by atoms with Gasteiger partial charge >= 0.3 is 0 Å². The smallest absolute Gasteiger partial charge is 0.175 e. The Labute approximate surface area is 95.2 Å². The van der Waals surface area contributed by atoms with Gasteiger partial charge in [0.2, 0.25) is 0 Å². The van der Waals surface area contributed by atoms with E-state index in [1.165, 1.54) is 12.1 Å². The summed E-state index contributed by atoms with van der Waals surface area (Å²) in [5.41, 5.74) is 0. The van der Waals surface area contributed by atoms with E-state index in [4.69, 9.17) is 4.74 Å². The van der Waals surface area contributed by atoms with Gasteiger partial charge in [-0.25, -0.2) is 8.42 Å². The molecule has 0 N–H and O–H groups in total. The molecule has 0 bridgehead atoms. The Morgan fingerprint density at radius 1 is 1.25 bits per heavy atom. The average molecular weight is 242 g/mol. The lowest BCUT2D eigenvalue weighted by molar-refractivity contribution is -0.120. The monoisotopic (exact) mass is 242 g/mol. The summed E-state index contributed by atoms with van der Waals surface area (Å²) < 4.78 is 27.5. The highest BCUT2D eigenvalue weighted by atomic mass is 32.2. The SMILES string of the molecule is CCC(=O)COc1ccc(S(C)(=O)=O)cc1. The van der Waals surface area contributed by atoms with Gasteiger partial charge in [-0.15, -0.1) is 0 Å². The van der Waals surface area contributed by atoms with E-state index in [1.54, 1.807) is 19.1 Å². The van der Waals surface area contributed by atoms with Crippen LogP contribution in [0.2, 0.25) is 0 Å². The fourth-order valence-electron chi connectivity index (χ4n) is 1.05. The van der Waals surface area contributed by atoms with Crippen molar-refractivity contribution in [3.8, 4) is 5.75 Å². The highest BCUT2D eigenvalue weighted by Gasteiger charge is 2.06. The summed E-state index contributed by atoms with van der Waals surface area (Å²) in [5.74, 6) is 0.501. The van der Waals surface area contributed by atoms with Crippen molar-refractivity contribution in [2.24, 2.45) is 0 Å². The van der Waals surface area contributed by atoms with Crippen molar-refractivity contribution >= 4 is 15.6 Å². The quantitative estimate of drug-likeness (QED) is 0.784. The summed E-state index contributed by atoms with van der Waals surface area (Å²) in [7, 11) is -3.18. The number of ketones is 1. The molecule has 0 spiro atoms. The topological polar surface area (TPSA) is 60.4 Å². The molecule has 88 valence electrons. The molecule has 1 aromatic rings. The third-order valence-electron chi connectivity index (χ3n) is 2.05. The molecule has 0 saturated heterocycles. The number of benzene rings is 1. The largest absolute Gasteiger partial charge is 0.486 e. The normalized spacial score (nSPS) is 11.1. The Kier molecular flexibility index (Phi) is 4.06. The molecule has 0 aliphatic heterocycles. The van der Waals surface area contributed by atoms with Crippen LogP contribution in [0.3, 0.4) is 0 Å². The van der Waals surface area contributed by atoms with Crippen molar-refractivity contribution in [2.75, 3.05) is 12.9 Å². The minimum absolute atomic E-state index is 0.00666. The van der Waals surface area contributed by atoms with E-state index in [9.17, 15) is 13.2 Å². The fourth-order valence-corrected chi connectivity index (χ4v) is 1.68. The van der Waals surface area contributed by atoms with Gasteiger partial charge in [0.15, 0.2) is 15.6 Å². The van der Waals surface area contributed by atoms with Crippen molar-refractivity contribution in [3.63, 3.8) is 0 Å². The lowest BCUT2D eigenvalue weighted by atomic mass is 10.3. The number of carbonyl (C=O) groups is 1. The summed E-state index contributed by atoms with van der Waals surface area (Å²) in [6.07, 6.45) is 1.57. The van der Waals surface area contributed by atoms with Gasteiger partial charge in [-0.3, -0.25) is 4.79 Å². The maximum Gasteiger partial charge on any atom is 0.175 e.